The predicted octanol–water partition coefficient (Wildman–Crippen LogP) is 2.77. The number of carbonyl (C=O) groups excluding carboxylic acids is 1. The van der Waals surface area contributed by atoms with E-state index in [2.05, 4.69) is 9.97 Å². The molecule has 28 heavy (non-hydrogen) atoms. The lowest BCUT2D eigenvalue weighted by atomic mass is 10.1. The van der Waals surface area contributed by atoms with E-state index in [1.54, 1.807) is 18.2 Å². The number of fused-ring (bicyclic) bond motifs is 1. The predicted molar refractivity (Wildman–Crippen MR) is 103 cm³/mol. The van der Waals surface area contributed by atoms with Gasteiger partial charge in [-0.3, -0.25) is 9.78 Å². The Morgan fingerprint density at radius 1 is 1.04 bits per heavy atom. The van der Waals surface area contributed by atoms with Crippen molar-refractivity contribution in [2.45, 2.75) is 11.7 Å². The summed E-state index contributed by atoms with van der Waals surface area (Å²) in [6.07, 6.45) is 1.54. The van der Waals surface area contributed by atoms with Crippen molar-refractivity contribution in [3.05, 3.63) is 71.8 Å². The standard InChI is InChI=1S/C20H18FN3O3S/c21-15-6-2-1-5-14(15)19-9-10-24(11-12-28(19,26)27)20(25)18-13-22-16-7-3-4-8-17(16)23-18/h1-8,13,19H,9-12H2. The van der Waals surface area contributed by atoms with Crippen molar-refractivity contribution in [3.63, 3.8) is 0 Å². The molecule has 8 heteroatoms. The molecule has 3 aromatic rings. The summed E-state index contributed by atoms with van der Waals surface area (Å²) >= 11 is 0. The number of benzene rings is 2. The zero-order valence-corrected chi connectivity index (χ0v) is 15.8. The molecule has 1 atom stereocenters. The second-order valence-electron chi connectivity index (χ2n) is 6.70. The largest absolute Gasteiger partial charge is 0.336 e. The highest BCUT2D eigenvalue weighted by Gasteiger charge is 2.34. The molecular weight excluding hydrogens is 381 g/mol. The van der Waals surface area contributed by atoms with E-state index in [1.807, 2.05) is 12.1 Å². The second kappa shape index (κ2) is 7.27. The van der Waals surface area contributed by atoms with Gasteiger partial charge in [-0.25, -0.2) is 17.8 Å². The van der Waals surface area contributed by atoms with Crippen LogP contribution in [0.3, 0.4) is 0 Å². The molecule has 0 spiro atoms. The summed E-state index contributed by atoms with van der Waals surface area (Å²) < 4.78 is 39.6. The van der Waals surface area contributed by atoms with Gasteiger partial charge in [0.25, 0.3) is 5.91 Å². The smallest absolute Gasteiger partial charge is 0.274 e. The van der Waals surface area contributed by atoms with Crippen molar-refractivity contribution in [1.82, 2.24) is 14.9 Å². The minimum Gasteiger partial charge on any atom is -0.336 e. The molecule has 0 radical (unpaired) electrons. The van der Waals surface area contributed by atoms with E-state index in [0.717, 1.165) is 0 Å². The Hall–Kier alpha value is -2.87. The number of hydrogen-bond acceptors (Lipinski definition) is 5. The number of para-hydroxylation sites is 2. The molecule has 1 fully saturated rings. The molecule has 0 bridgehead atoms. The SMILES string of the molecule is O=C(c1cnc2ccccc2n1)N1CCC(c2ccccc2F)S(=O)(=O)CC1. The maximum absolute atomic E-state index is 14.2. The minimum atomic E-state index is -3.59. The number of rotatable bonds is 2. The minimum absolute atomic E-state index is 0.0423. The van der Waals surface area contributed by atoms with Crippen molar-refractivity contribution in [3.8, 4) is 0 Å². The fourth-order valence-electron chi connectivity index (χ4n) is 3.45. The van der Waals surface area contributed by atoms with Gasteiger partial charge >= 0.3 is 0 Å². The Labute approximate surface area is 162 Å². The molecule has 1 unspecified atom stereocenters. The third-order valence-electron chi connectivity index (χ3n) is 4.95. The van der Waals surface area contributed by atoms with Crippen LogP contribution in [0.5, 0.6) is 0 Å². The number of halogens is 1. The fourth-order valence-corrected chi connectivity index (χ4v) is 5.26. The van der Waals surface area contributed by atoms with Gasteiger partial charge in [0.2, 0.25) is 0 Å². The van der Waals surface area contributed by atoms with Crippen LogP contribution in [0.25, 0.3) is 11.0 Å². The van der Waals surface area contributed by atoms with Crippen molar-refractivity contribution in [2.24, 2.45) is 0 Å². The van der Waals surface area contributed by atoms with Gasteiger partial charge in [0, 0.05) is 18.7 Å². The maximum Gasteiger partial charge on any atom is 0.274 e. The van der Waals surface area contributed by atoms with Crippen LogP contribution in [0, 0.1) is 5.82 Å². The normalized spacial score (nSPS) is 19.3. The van der Waals surface area contributed by atoms with Gasteiger partial charge in [0.1, 0.15) is 11.5 Å². The Balaban J connectivity index is 1.60. The summed E-state index contributed by atoms with van der Waals surface area (Å²) in [5, 5.41) is -0.964. The number of carbonyl (C=O) groups is 1. The molecule has 0 saturated carbocycles. The first-order valence-corrected chi connectivity index (χ1v) is 10.6. The zero-order valence-electron chi connectivity index (χ0n) is 15.0. The molecule has 0 N–H and O–H groups in total. The van der Waals surface area contributed by atoms with E-state index in [1.165, 1.54) is 29.3 Å². The first-order chi connectivity index (χ1) is 13.5. The number of sulfone groups is 1. The highest BCUT2D eigenvalue weighted by Crippen LogP contribution is 2.31. The Morgan fingerprint density at radius 3 is 2.54 bits per heavy atom. The van der Waals surface area contributed by atoms with Crippen LogP contribution in [0.15, 0.2) is 54.7 Å². The molecule has 2 aromatic carbocycles. The molecule has 1 aromatic heterocycles. The van der Waals surface area contributed by atoms with Gasteiger partial charge < -0.3 is 4.90 Å². The van der Waals surface area contributed by atoms with Gasteiger partial charge in [-0.2, -0.15) is 0 Å². The number of amides is 1. The van der Waals surface area contributed by atoms with Gasteiger partial charge in [0.15, 0.2) is 9.84 Å². The van der Waals surface area contributed by atoms with Gasteiger partial charge in [0.05, 0.1) is 28.2 Å². The zero-order chi connectivity index (χ0) is 19.7. The number of aromatic nitrogens is 2. The highest BCUT2D eigenvalue weighted by molar-refractivity contribution is 7.91. The van der Waals surface area contributed by atoms with Gasteiger partial charge in [-0.1, -0.05) is 30.3 Å². The molecule has 0 aliphatic carbocycles. The van der Waals surface area contributed by atoms with Crippen LogP contribution >= 0.6 is 0 Å². The highest BCUT2D eigenvalue weighted by atomic mass is 32.2. The van der Waals surface area contributed by atoms with Gasteiger partial charge in [-0.05, 0) is 24.6 Å². The average molecular weight is 399 g/mol. The van der Waals surface area contributed by atoms with Gasteiger partial charge in [-0.15, -0.1) is 0 Å². The first kappa shape index (κ1) is 18.5. The maximum atomic E-state index is 14.2. The molecule has 1 saturated heterocycles. The molecule has 1 aliphatic heterocycles. The number of hydrogen-bond donors (Lipinski definition) is 0. The van der Waals surface area contributed by atoms with Crippen LogP contribution in [0.4, 0.5) is 4.39 Å². The van der Waals surface area contributed by atoms with Crippen molar-refractivity contribution >= 4 is 26.8 Å². The van der Waals surface area contributed by atoms with E-state index in [-0.39, 0.29) is 42.4 Å². The summed E-state index contributed by atoms with van der Waals surface area (Å²) in [5.41, 5.74) is 1.60. The Kier molecular flexibility index (Phi) is 4.80. The molecule has 1 aliphatic rings. The van der Waals surface area contributed by atoms with E-state index >= 15 is 0 Å². The van der Waals surface area contributed by atoms with Crippen molar-refractivity contribution in [2.75, 3.05) is 18.8 Å². The third kappa shape index (κ3) is 3.47. The van der Waals surface area contributed by atoms with E-state index < -0.39 is 20.9 Å². The summed E-state index contributed by atoms with van der Waals surface area (Å²) in [4.78, 5) is 22.9. The molecule has 1 amide bonds. The summed E-state index contributed by atoms with van der Waals surface area (Å²) in [6.45, 7) is 0.242. The van der Waals surface area contributed by atoms with Crippen LogP contribution in [0.2, 0.25) is 0 Å². The summed E-state index contributed by atoms with van der Waals surface area (Å²) in [6, 6.07) is 13.1. The lowest BCUT2D eigenvalue weighted by Crippen LogP contribution is -2.34. The third-order valence-corrected chi connectivity index (χ3v) is 7.06. The number of nitrogens with zero attached hydrogens (tertiary/aromatic N) is 3. The van der Waals surface area contributed by atoms with Crippen molar-refractivity contribution in [1.29, 1.82) is 0 Å². The van der Waals surface area contributed by atoms with Crippen LogP contribution in [-0.4, -0.2) is 48.0 Å². The van der Waals surface area contributed by atoms with E-state index in [4.69, 9.17) is 0 Å². The van der Waals surface area contributed by atoms with Crippen LogP contribution in [-0.2, 0) is 9.84 Å². The first-order valence-electron chi connectivity index (χ1n) is 8.93. The molecule has 144 valence electrons. The van der Waals surface area contributed by atoms with E-state index in [9.17, 15) is 17.6 Å². The van der Waals surface area contributed by atoms with Crippen LogP contribution in [0.1, 0.15) is 27.7 Å². The fraction of sp³-hybridized carbons (Fsp3) is 0.250. The lowest BCUT2D eigenvalue weighted by molar-refractivity contribution is 0.0760. The Bertz CT molecular complexity index is 1150. The average Bonchev–Trinajstić information content (AvgIpc) is 2.85. The molecule has 2 heterocycles. The summed E-state index contributed by atoms with van der Waals surface area (Å²) in [7, 11) is -3.59. The molecule has 6 nitrogen and oxygen atoms in total. The molecular formula is C20H18FN3O3S. The molecule has 4 rings (SSSR count). The topological polar surface area (TPSA) is 80.2 Å². The lowest BCUT2D eigenvalue weighted by Gasteiger charge is -2.19. The monoisotopic (exact) mass is 399 g/mol. The quantitative estimate of drug-likeness (QED) is 0.662. The van der Waals surface area contributed by atoms with E-state index in [0.29, 0.717) is 11.0 Å². The Morgan fingerprint density at radius 2 is 1.75 bits per heavy atom. The van der Waals surface area contributed by atoms with Crippen molar-refractivity contribution < 1.29 is 17.6 Å². The van der Waals surface area contributed by atoms with Crippen LogP contribution < -0.4 is 0 Å². The summed E-state index contributed by atoms with van der Waals surface area (Å²) in [5.74, 6) is -1.14. The second-order valence-corrected chi connectivity index (χ2v) is 9.00.